The molecule has 0 aromatic carbocycles. The Labute approximate surface area is 108 Å². The Morgan fingerprint density at radius 2 is 2.41 bits per heavy atom. The third-order valence-corrected chi connectivity index (χ3v) is 3.89. The van der Waals surface area contributed by atoms with Crippen LogP contribution in [-0.2, 0) is 0 Å². The third kappa shape index (κ3) is 3.03. The lowest BCUT2D eigenvalue weighted by Gasteiger charge is -2.31. The molecular weight excluding hydrogens is 287 g/mol. The smallest absolute Gasteiger partial charge is 0.255 e. The van der Waals surface area contributed by atoms with Gasteiger partial charge in [-0.25, -0.2) is 4.39 Å². The average Bonchev–Trinajstić information content (AvgIpc) is 2.38. The van der Waals surface area contributed by atoms with Gasteiger partial charge in [-0.15, -0.1) is 0 Å². The predicted octanol–water partition coefficient (Wildman–Crippen LogP) is 2.47. The molecule has 1 fully saturated rings. The number of hydrogen-bond donors (Lipinski definition) is 0. The summed E-state index contributed by atoms with van der Waals surface area (Å²) in [6, 6.07) is 1.24. The van der Waals surface area contributed by atoms with E-state index < -0.39 is 5.82 Å². The van der Waals surface area contributed by atoms with Gasteiger partial charge < -0.3 is 4.90 Å². The quantitative estimate of drug-likeness (QED) is 0.786. The maximum Gasteiger partial charge on any atom is 0.255 e. The molecule has 92 valence electrons. The Balaban J connectivity index is 2.09. The highest BCUT2D eigenvalue weighted by Gasteiger charge is 2.24. The molecule has 3 nitrogen and oxygen atoms in total. The molecule has 1 atom stereocenters. The molecule has 0 spiro atoms. The molecule has 0 bridgehead atoms. The highest BCUT2D eigenvalue weighted by molar-refractivity contribution is 9.09. The van der Waals surface area contributed by atoms with Gasteiger partial charge in [-0.05, 0) is 24.8 Å². The van der Waals surface area contributed by atoms with Crippen molar-refractivity contribution in [3.05, 3.63) is 29.8 Å². The molecule has 0 radical (unpaired) electrons. The Kier molecular flexibility index (Phi) is 4.10. The molecule has 1 aliphatic rings. The van der Waals surface area contributed by atoms with Gasteiger partial charge in [0.25, 0.3) is 5.91 Å². The van der Waals surface area contributed by atoms with E-state index in [1.165, 1.54) is 12.3 Å². The van der Waals surface area contributed by atoms with Crippen LogP contribution in [0, 0.1) is 11.7 Å². The molecule has 17 heavy (non-hydrogen) atoms. The van der Waals surface area contributed by atoms with Crippen LogP contribution >= 0.6 is 15.9 Å². The lowest BCUT2D eigenvalue weighted by Crippen LogP contribution is -2.40. The lowest BCUT2D eigenvalue weighted by molar-refractivity contribution is 0.0685. The number of halogens is 2. The van der Waals surface area contributed by atoms with Gasteiger partial charge in [0.1, 0.15) is 5.82 Å². The fraction of sp³-hybridized carbons (Fsp3) is 0.500. The fourth-order valence-electron chi connectivity index (χ4n) is 2.09. The fourth-order valence-corrected chi connectivity index (χ4v) is 2.62. The van der Waals surface area contributed by atoms with Gasteiger partial charge >= 0.3 is 0 Å². The van der Waals surface area contributed by atoms with Crippen LogP contribution in [0.3, 0.4) is 0 Å². The summed E-state index contributed by atoms with van der Waals surface area (Å²) in [5.41, 5.74) is 0.334. The molecular formula is C12H14BrFN2O. The number of aromatic nitrogens is 1. The first-order valence-electron chi connectivity index (χ1n) is 5.66. The van der Waals surface area contributed by atoms with E-state index in [9.17, 15) is 9.18 Å². The van der Waals surface area contributed by atoms with Crippen LogP contribution in [-0.4, -0.2) is 34.2 Å². The van der Waals surface area contributed by atoms with E-state index in [0.717, 1.165) is 37.5 Å². The van der Waals surface area contributed by atoms with Gasteiger partial charge in [0, 0.05) is 24.6 Å². The van der Waals surface area contributed by atoms with Crippen molar-refractivity contribution >= 4 is 21.8 Å². The highest BCUT2D eigenvalue weighted by Crippen LogP contribution is 2.20. The number of nitrogens with zero attached hydrogens (tertiary/aromatic N) is 2. The summed E-state index contributed by atoms with van der Waals surface area (Å²) < 4.78 is 13.0. The Hall–Kier alpha value is -0.970. The van der Waals surface area contributed by atoms with E-state index in [1.807, 2.05) is 0 Å². The maximum atomic E-state index is 13.0. The van der Waals surface area contributed by atoms with Crippen LogP contribution in [0.15, 0.2) is 18.5 Å². The molecule has 1 aromatic heterocycles. The number of hydrogen-bond acceptors (Lipinski definition) is 2. The average molecular weight is 301 g/mol. The molecule has 1 aliphatic heterocycles. The van der Waals surface area contributed by atoms with Crippen LogP contribution in [0.5, 0.6) is 0 Å². The van der Waals surface area contributed by atoms with Crippen molar-refractivity contribution in [2.75, 3.05) is 18.4 Å². The number of likely N-dealkylation sites (tertiary alicyclic amines) is 1. The minimum absolute atomic E-state index is 0.123. The maximum absolute atomic E-state index is 13.0. The summed E-state index contributed by atoms with van der Waals surface area (Å²) in [7, 11) is 0. The van der Waals surface area contributed by atoms with E-state index in [2.05, 4.69) is 20.9 Å². The summed E-state index contributed by atoms with van der Waals surface area (Å²) in [5, 5.41) is 0.901. The molecule has 1 unspecified atom stereocenters. The normalized spacial score (nSPS) is 20.4. The van der Waals surface area contributed by atoms with Gasteiger partial charge in [0.15, 0.2) is 0 Å². The molecule has 0 N–H and O–H groups in total. The molecule has 0 saturated carbocycles. The van der Waals surface area contributed by atoms with Gasteiger partial charge in [0.2, 0.25) is 0 Å². The molecule has 1 saturated heterocycles. The second-order valence-electron chi connectivity index (χ2n) is 4.31. The predicted molar refractivity (Wildman–Crippen MR) is 66.6 cm³/mol. The zero-order valence-electron chi connectivity index (χ0n) is 9.40. The standard InChI is InChI=1S/C12H14BrFN2O/c13-5-9-2-1-3-16(8-9)12(17)10-4-11(14)7-15-6-10/h4,6-7,9H,1-3,5,8H2. The number of rotatable bonds is 2. The van der Waals surface area contributed by atoms with Crippen molar-refractivity contribution in [2.24, 2.45) is 5.92 Å². The topological polar surface area (TPSA) is 33.2 Å². The SMILES string of the molecule is O=C(c1cncc(F)c1)N1CCCC(CBr)C1. The molecule has 2 heterocycles. The second-order valence-corrected chi connectivity index (χ2v) is 4.95. The summed E-state index contributed by atoms with van der Waals surface area (Å²) in [6.07, 6.45) is 4.67. The van der Waals surface area contributed by atoms with Crippen LogP contribution in [0.25, 0.3) is 0 Å². The van der Waals surface area contributed by atoms with Crippen molar-refractivity contribution in [3.8, 4) is 0 Å². The van der Waals surface area contributed by atoms with Crippen molar-refractivity contribution in [1.29, 1.82) is 0 Å². The Morgan fingerprint density at radius 3 is 3.12 bits per heavy atom. The summed E-state index contributed by atoms with van der Waals surface area (Å²) in [5.74, 6) is -0.0956. The minimum Gasteiger partial charge on any atom is -0.338 e. The lowest BCUT2D eigenvalue weighted by atomic mass is 9.99. The molecule has 0 aliphatic carbocycles. The van der Waals surface area contributed by atoms with Crippen LogP contribution < -0.4 is 0 Å². The zero-order chi connectivity index (χ0) is 12.3. The van der Waals surface area contributed by atoms with E-state index in [-0.39, 0.29) is 5.91 Å². The zero-order valence-corrected chi connectivity index (χ0v) is 11.0. The number of carbonyl (C=O) groups is 1. The van der Waals surface area contributed by atoms with Crippen LogP contribution in [0.4, 0.5) is 4.39 Å². The molecule has 1 amide bonds. The Bertz CT molecular complexity index is 413. The third-order valence-electron chi connectivity index (χ3n) is 2.98. The van der Waals surface area contributed by atoms with Crippen LogP contribution in [0.1, 0.15) is 23.2 Å². The van der Waals surface area contributed by atoms with E-state index in [4.69, 9.17) is 0 Å². The Morgan fingerprint density at radius 1 is 1.59 bits per heavy atom. The van der Waals surface area contributed by atoms with E-state index in [1.54, 1.807) is 4.90 Å². The molecule has 1 aromatic rings. The molecule has 5 heteroatoms. The monoisotopic (exact) mass is 300 g/mol. The summed E-state index contributed by atoms with van der Waals surface area (Å²) in [6.45, 7) is 1.49. The summed E-state index contributed by atoms with van der Waals surface area (Å²) in [4.78, 5) is 17.6. The van der Waals surface area contributed by atoms with Crippen molar-refractivity contribution in [1.82, 2.24) is 9.88 Å². The van der Waals surface area contributed by atoms with Crippen molar-refractivity contribution in [2.45, 2.75) is 12.8 Å². The van der Waals surface area contributed by atoms with E-state index in [0.29, 0.717) is 11.5 Å². The number of amides is 1. The van der Waals surface area contributed by atoms with Crippen molar-refractivity contribution in [3.63, 3.8) is 0 Å². The second kappa shape index (κ2) is 5.58. The van der Waals surface area contributed by atoms with Crippen molar-refractivity contribution < 1.29 is 9.18 Å². The number of piperidine rings is 1. The van der Waals surface area contributed by atoms with Gasteiger partial charge in [-0.3, -0.25) is 9.78 Å². The van der Waals surface area contributed by atoms with E-state index >= 15 is 0 Å². The number of alkyl halides is 1. The molecule has 2 rings (SSSR count). The first-order valence-corrected chi connectivity index (χ1v) is 6.78. The van der Waals surface area contributed by atoms with Crippen LogP contribution in [0.2, 0.25) is 0 Å². The van der Waals surface area contributed by atoms with Gasteiger partial charge in [-0.1, -0.05) is 15.9 Å². The number of carbonyl (C=O) groups excluding carboxylic acids is 1. The highest BCUT2D eigenvalue weighted by atomic mass is 79.9. The van der Waals surface area contributed by atoms with Gasteiger partial charge in [0.05, 0.1) is 11.8 Å². The number of pyridine rings is 1. The minimum atomic E-state index is -0.468. The first kappa shape index (κ1) is 12.5. The summed E-state index contributed by atoms with van der Waals surface area (Å²) >= 11 is 3.45. The van der Waals surface area contributed by atoms with Gasteiger partial charge in [-0.2, -0.15) is 0 Å². The first-order chi connectivity index (χ1) is 8.20. The largest absolute Gasteiger partial charge is 0.338 e.